The molecule has 0 saturated heterocycles. The lowest BCUT2D eigenvalue weighted by atomic mass is 9.93. The zero-order chi connectivity index (χ0) is 18.8. The van der Waals surface area contributed by atoms with E-state index in [9.17, 15) is 9.67 Å². The van der Waals surface area contributed by atoms with Crippen LogP contribution in [0.25, 0.3) is 0 Å². The van der Waals surface area contributed by atoms with Gasteiger partial charge in [0.15, 0.2) is 0 Å². The van der Waals surface area contributed by atoms with Crippen molar-refractivity contribution in [3.8, 4) is 0 Å². The molecule has 0 radical (unpaired) electrons. The van der Waals surface area contributed by atoms with E-state index < -0.39 is 7.14 Å². The Labute approximate surface area is 158 Å². The zero-order valence-electron chi connectivity index (χ0n) is 16.0. The molecule has 2 nitrogen and oxygen atoms in total. The number of benzene rings is 2. The van der Waals surface area contributed by atoms with Gasteiger partial charge in [0.1, 0.15) is 7.14 Å². The van der Waals surface area contributed by atoms with E-state index >= 15 is 0 Å². The second-order valence-electron chi connectivity index (χ2n) is 6.91. The number of hydrogen-bond donors (Lipinski definition) is 1. The molecule has 1 N–H and O–H groups in total. The fourth-order valence-corrected chi connectivity index (χ4v) is 5.75. The molecule has 1 saturated carbocycles. The van der Waals surface area contributed by atoms with E-state index in [1.165, 1.54) is 12.0 Å². The van der Waals surface area contributed by atoms with Gasteiger partial charge in [-0.2, -0.15) is 0 Å². The van der Waals surface area contributed by atoms with Crippen molar-refractivity contribution in [3.63, 3.8) is 0 Å². The summed E-state index contributed by atoms with van der Waals surface area (Å²) in [6, 6.07) is 19.5. The molecule has 0 unspecified atom stereocenters. The molecule has 0 bridgehead atoms. The normalized spacial score (nSPS) is 18.9. The second kappa shape index (κ2) is 10.5. The lowest BCUT2D eigenvalue weighted by Crippen LogP contribution is -2.18. The molecular formula is C23H31O2P. The van der Waals surface area contributed by atoms with Crippen molar-refractivity contribution in [3.05, 3.63) is 72.3 Å². The second-order valence-corrected chi connectivity index (χ2v) is 9.79. The van der Waals surface area contributed by atoms with Crippen LogP contribution in [0.1, 0.15) is 46.0 Å². The van der Waals surface area contributed by atoms with E-state index in [4.69, 9.17) is 0 Å². The standard InChI is InChI=1S/C20H23O2P.C3H8/c21-18-9-7-8-17(16-18)14-15-23(22,19-10-3-1-4-11-19)20-12-5-2-6-13-20;1-3-2/h1-6,10-14,18,21H,7-9,15-16H2;3H2,1-2H3/b17-14-;/t18-;/m0./s1. The first-order valence-electron chi connectivity index (χ1n) is 9.66. The Hall–Kier alpha value is -1.63. The van der Waals surface area contributed by atoms with Crippen molar-refractivity contribution in [2.75, 3.05) is 6.16 Å². The molecule has 1 aliphatic rings. The summed E-state index contributed by atoms with van der Waals surface area (Å²) in [7, 11) is -2.67. The highest BCUT2D eigenvalue weighted by molar-refractivity contribution is 7.78. The molecule has 3 heteroatoms. The van der Waals surface area contributed by atoms with Gasteiger partial charge in [0.05, 0.1) is 6.10 Å². The van der Waals surface area contributed by atoms with Gasteiger partial charge in [0.2, 0.25) is 0 Å². The number of allylic oxidation sites excluding steroid dienone is 1. The summed E-state index contributed by atoms with van der Waals surface area (Å²) in [6.45, 7) is 4.25. The highest BCUT2D eigenvalue weighted by atomic mass is 31.2. The van der Waals surface area contributed by atoms with Crippen LogP contribution in [0.15, 0.2) is 72.3 Å². The topological polar surface area (TPSA) is 37.3 Å². The molecular weight excluding hydrogens is 339 g/mol. The quantitative estimate of drug-likeness (QED) is 0.587. The van der Waals surface area contributed by atoms with Crippen LogP contribution in [0, 0.1) is 0 Å². The van der Waals surface area contributed by atoms with Gasteiger partial charge in [0.25, 0.3) is 0 Å². The van der Waals surface area contributed by atoms with E-state index in [0.717, 1.165) is 36.3 Å². The summed E-state index contributed by atoms with van der Waals surface area (Å²) in [5.41, 5.74) is 1.25. The summed E-state index contributed by atoms with van der Waals surface area (Å²) in [5, 5.41) is 11.6. The van der Waals surface area contributed by atoms with Crippen LogP contribution in [-0.2, 0) is 4.57 Å². The molecule has 26 heavy (non-hydrogen) atoms. The minimum atomic E-state index is -2.67. The van der Waals surface area contributed by atoms with Gasteiger partial charge >= 0.3 is 0 Å². The van der Waals surface area contributed by atoms with Gasteiger partial charge in [-0.1, -0.05) is 92.6 Å². The third kappa shape index (κ3) is 5.69. The molecule has 0 amide bonds. The van der Waals surface area contributed by atoms with Crippen molar-refractivity contribution in [1.82, 2.24) is 0 Å². The largest absolute Gasteiger partial charge is 0.393 e. The Kier molecular flexibility index (Phi) is 8.35. The highest BCUT2D eigenvalue weighted by Crippen LogP contribution is 2.44. The van der Waals surface area contributed by atoms with Crippen LogP contribution in [0.5, 0.6) is 0 Å². The number of rotatable bonds is 4. The van der Waals surface area contributed by atoms with Crippen molar-refractivity contribution >= 4 is 17.8 Å². The zero-order valence-corrected chi connectivity index (χ0v) is 16.9. The molecule has 2 aromatic carbocycles. The van der Waals surface area contributed by atoms with Crippen molar-refractivity contribution < 1.29 is 9.67 Å². The maximum atomic E-state index is 13.8. The Morgan fingerprint density at radius 1 is 1.00 bits per heavy atom. The van der Waals surface area contributed by atoms with E-state index in [0.29, 0.717) is 6.16 Å². The molecule has 0 aromatic heterocycles. The molecule has 2 aromatic rings. The average Bonchev–Trinajstić information content (AvgIpc) is 2.68. The van der Waals surface area contributed by atoms with Crippen molar-refractivity contribution in [1.29, 1.82) is 0 Å². The first kappa shape index (κ1) is 20.7. The maximum absolute atomic E-state index is 13.8. The van der Waals surface area contributed by atoms with Crippen LogP contribution >= 0.6 is 7.14 Å². The van der Waals surface area contributed by atoms with Gasteiger partial charge < -0.3 is 9.67 Å². The van der Waals surface area contributed by atoms with Gasteiger partial charge in [-0.3, -0.25) is 0 Å². The molecule has 1 atom stereocenters. The Morgan fingerprint density at radius 3 is 1.96 bits per heavy atom. The maximum Gasteiger partial charge on any atom is 0.146 e. The lowest BCUT2D eigenvalue weighted by Gasteiger charge is -2.22. The van der Waals surface area contributed by atoms with Crippen LogP contribution in [0.4, 0.5) is 0 Å². The highest BCUT2D eigenvalue weighted by Gasteiger charge is 2.26. The smallest absolute Gasteiger partial charge is 0.146 e. The van der Waals surface area contributed by atoms with Crippen LogP contribution in [0.2, 0.25) is 0 Å². The third-order valence-corrected chi connectivity index (χ3v) is 7.48. The molecule has 140 valence electrons. The lowest BCUT2D eigenvalue weighted by molar-refractivity contribution is 0.149. The summed E-state index contributed by atoms with van der Waals surface area (Å²) in [5.74, 6) is 0. The molecule has 0 heterocycles. The van der Waals surface area contributed by atoms with Gasteiger partial charge in [-0.05, 0) is 25.7 Å². The molecule has 3 rings (SSSR count). The number of aliphatic hydroxyl groups is 1. The summed E-state index contributed by atoms with van der Waals surface area (Å²) in [6.07, 6.45) is 7.31. The predicted molar refractivity (Wildman–Crippen MR) is 113 cm³/mol. The van der Waals surface area contributed by atoms with Crippen molar-refractivity contribution in [2.24, 2.45) is 0 Å². The van der Waals surface area contributed by atoms with Crippen molar-refractivity contribution in [2.45, 2.75) is 52.1 Å². The number of hydrogen-bond acceptors (Lipinski definition) is 2. The van der Waals surface area contributed by atoms with Crippen LogP contribution < -0.4 is 10.6 Å². The SMILES string of the molecule is CCC.O=P(C/C=C1/CCC[C@H](O)C1)(c1ccccc1)c1ccccc1. The average molecular weight is 370 g/mol. The van der Waals surface area contributed by atoms with Gasteiger partial charge in [-0.25, -0.2) is 0 Å². The Balaban J connectivity index is 0.000000758. The molecule has 1 fully saturated rings. The third-order valence-electron chi connectivity index (χ3n) is 4.52. The van der Waals surface area contributed by atoms with Gasteiger partial charge in [0, 0.05) is 16.8 Å². The van der Waals surface area contributed by atoms with Crippen LogP contribution in [0.3, 0.4) is 0 Å². The molecule has 0 aliphatic heterocycles. The van der Waals surface area contributed by atoms with Gasteiger partial charge in [-0.15, -0.1) is 0 Å². The molecule has 1 aliphatic carbocycles. The monoisotopic (exact) mass is 370 g/mol. The first-order chi connectivity index (χ1) is 12.6. The Morgan fingerprint density at radius 2 is 1.50 bits per heavy atom. The Bertz CT molecular complexity index is 679. The van der Waals surface area contributed by atoms with E-state index in [2.05, 4.69) is 19.9 Å². The molecule has 0 spiro atoms. The van der Waals surface area contributed by atoms with E-state index in [-0.39, 0.29) is 6.10 Å². The van der Waals surface area contributed by atoms with Crippen LogP contribution in [-0.4, -0.2) is 17.4 Å². The summed E-state index contributed by atoms with van der Waals surface area (Å²) < 4.78 is 13.8. The predicted octanol–water partition coefficient (Wildman–Crippen LogP) is 5.28. The minimum absolute atomic E-state index is 0.233. The first-order valence-corrected chi connectivity index (χ1v) is 11.6. The fourth-order valence-electron chi connectivity index (χ4n) is 3.21. The summed E-state index contributed by atoms with van der Waals surface area (Å²) >= 11 is 0. The fraction of sp³-hybridized carbons (Fsp3) is 0.391. The van der Waals surface area contributed by atoms with E-state index in [1.807, 2.05) is 60.7 Å². The summed E-state index contributed by atoms with van der Waals surface area (Å²) in [4.78, 5) is 0. The van der Waals surface area contributed by atoms with E-state index in [1.54, 1.807) is 0 Å². The minimum Gasteiger partial charge on any atom is -0.393 e. The number of aliphatic hydroxyl groups excluding tert-OH is 1.